The molecule has 1 saturated heterocycles. The van der Waals surface area contributed by atoms with Crippen molar-refractivity contribution in [2.24, 2.45) is 0 Å². The van der Waals surface area contributed by atoms with E-state index >= 15 is 0 Å². The Labute approximate surface area is 79.9 Å². The summed E-state index contributed by atoms with van der Waals surface area (Å²) >= 11 is 0. The Morgan fingerprint density at radius 2 is 1.77 bits per heavy atom. The lowest BCUT2D eigenvalue weighted by Crippen LogP contribution is -2.57. The number of carbonyl (C=O) groups excluding carboxylic acids is 1. The molecule has 1 aliphatic rings. The molecule has 0 aromatic carbocycles. The number of rotatable bonds is 0. The zero-order valence-corrected chi connectivity index (χ0v) is 8.87. The maximum atomic E-state index is 11.4. The van der Waals surface area contributed by atoms with E-state index in [1.165, 1.54) is 0 Å². The van der Waals surface area contributed by atoms with Gasteiger partial charge < -0.3 is 10.2 Å². The minimum atomic E-state index is 0.0341. The molecule has 4 nitrogen and oxygen atoms in total. The Kier molecular flexibility index (Phi) is 3.14. The van der Waals surface area contributed by atoms with Crippen molar-refractivity contribution in [3.05, 3.63) is 0 Å². The lowest BCUT2D eigenvalue weighted by Gasteiger charge is -2.42. The number of hydrogen-bond acceptors (Lipinski definition) is 2. The third kappa shape index (κ3) is 2.12. The van der Waals surface area contributed by atoms with Gasteiger partial charge in [0.25, 0.3) is 0 Å². The van der Waals surface area contributed by atoms with Crippen molar-refractivity contribution < 1.29 is 4.79 Å². The normalized spacial score (nSPS) is 30.3. The van der Waals surface area contributed by atoms with E-state index in [4.69, 9.17) is 0 Å². The number of urea groups is 1. The molecule has 0 radical (unpaired) electrons. The Hall–Kier alpha value is -0.770. The zero-order valence-electron chi connectivity index (χ0n) is 8.87. The van der Waals surface area contributed by atoms with Gasteiger partial charge in [0.15, 0.2) is 0 Å². The summed E-state index contributed by atoms with van der Waals surface area (Å²) in [5, 5.41) is 2.66. The number of nitrogens with zero attached hydrogens (tertiary/aromatic N) is 2. The molecule has 4 heteroatoms. The molecule has 1 aliphatic heterocycles. The minimum Gasteiger partial charge on any atom is -0.341 e. The molecule has 0 aromatic rings. The molecule has 2 amide bonds. The van der Waals surface area contributed by atoms with Gasteiger partial charge in [-0.15, -0.1) is 0 Å². The van der Waals surface area contributed by atoms with Crippen molar-refractivity contribution in [3.8, 4) is 0 Å². The van der Waals surface area contributed by atoms with E-state index in [9.17, 15) is 4.79 Å². The monoisotopic (exact) mass is 185 g/mol. The molecule has 0 saturated carbocycles. The summed E-state index contributed by atoms with van der Waals surface area (Å²) in [6.45, 7) is 5.93. The second kappa shape index (κ2) is 3.96. The van der Waals surface area contributed by atoms with Crippen LogP contribution < -0.4 is 5.32 Å². The number of nitrogens with one attached hydrogen (secondary N) is 1. The van der Waals surface area contributed by atoms with Crippen molar-refractivity contribution >= 4 is 6.03 Å². The van der Waals surface area contributed by atoms with Crippen LogP contribution in [0.2, 0.25) is 0 Å². The smallest absolute Gasteiger partial charge is 0.317 e. The molecule has 2 unspecified atom stereocenters. The quantitative estimate of drug-likeness (QED) is 0.591. The predicted octanol–water partition coefficient (Wildman–Crippen LogP) is 0.350. The number of amides is 2. The fraction of sp³-hybridized carbons (Fsp3) is 0.889. The second-order valence-corrected chi connectivity index (χ2v) is 3.82. The van der Waals surface area contributed by atoms with Crippen LogP contribution in [0.15, 0.2) is 0 Å². The van der Waals surface area contributed by atoms with Gasteiger partial charge in [0.05, 0.1) is 0 Å². The topological polar surface area (TPSA) is 35.6 Å². The van der Waals surface area contributed by atoms with Crippen LogP contribution >= 0.6 is 0 Å². The van der Waals surface area contributed by atoms with Crippen LogP contribution in [0.3, 0.4) is 0 Å². The maximum absolute atomic E-state index is 11.4. The first-order valence-corrected chi connectivity index (χ1v) is 4.74. The highest BCUT2D eigenvalue weighted by Gasteiger charge is 2.28. The summed E-state index contributed by atoms with van der Waals surface area (Å²) in [4.78, 5) is 15.5. The van der Waals surface area contributed by atoms with E-state index in [-0.39, 0.29) is 6.03 Å². The molecule has 0 bridgehead atoms. The average molecular weight is 185 g/mol. The van der Waals surface area contributed by atoms with E-state index < -0.39 is 0 Å². The van der Waals surface area contributed by atoms with Gasteiger partial charge in [0.1, 0.15) is 0 Å². The van der Waals surface area contributed by atoms with Crippen LogP contribution in [-0.2, 0) is 0 Å². The zero-order chi connectivity index (χ0) is 10.0. The number of likely N-dealkylation sites (N-methyl/N-ethyl adjacent to an activating group) is 1. The molecular formula is C9H19N3O. The Morgan fingerprint density at radius 1 is 1.31 bits per heavy atom. The van der Waals surface area contributed by atoms with Crippen LogP contribution in [0.1, 0.15) is 13.8 Å². The summed E-state index contributed by atoms with van der Waals surface area (Å²) in [7, 11) is 3.78. The van der Waals surface area contributed by atoms with E-state index in [2.05, 4.69) is 31.1 Å². The summed E-state index contributed by atoms with van der Waals surface area (Å²) in [6, 6.07) is 0.925. The lowest BCUT2D eigenvalue weighted by molar-refractivity contribution is 0.0777. The molecule has 1 heterocycles. The fourth-order valence-corrected chi connectivity index (χ4v) is 1.73. The highest BCUT2D eigenvalue weighted by molar-refractivity contribution is 5.74. The van der Waals surface area contributed by atoms with Gasteiger partial charge in [-0.3, -0.25) is 4.90 Å². The van der Waals surface area contributed by atoms with E-state index in [1.54, 1.807) is 7.05 Å². The molecule has 0 spiro atoms. The van der Waals surface area contributed by atoms with Crippen molar-refractivity contribution in [2.45, 2.75) is 25.9 Å². The van der Waals surface area contributed by atoms with Crippen molar-refractivity contribution in [1.29, 1.82) is 0 Å². The average Bonchev–Trinajstić information content (AvgIpc) is 2.12. The molecule has 13 heavy (non-hydrogen) atoms. The minimum absolute atomic E-state index is 0.0341. The first-order chi connectivity index (χ1) is 6.06. The summed E-state index contributed by atoms with van der Waals surface area (Å²) in [5.74, 6) is 0. The molecule has 1 rings (SSSR count). The van der Waals surface area contributed by atoms with Crippen molar-refractivity contribution in [2.75, 3.05) is 27.2 Å². The largest absolute Gasteiger partial charge is 0.341 e. The van der Waals surface area contributed by atoms with Crippen molar-refractivity contribution in [1.82, 2.24) is 15.1 Å². The Balaban J connectivity index is 2.58. The van der Waals surface area contributed by atoms with Crippen molar-refractivity contribution in [3.63, 3.8) is 0 Å². The SMILES string of the molecule is CNC(=O)N1CC(C)N(C)C(C)C1. The third-order valence-corrected chi connectivity index (χ3v) is 2.86. The van der Waals surface area contributed by atoms with E-state index in [1.807, 2.05) is 4.90 Å². The molecule has 2 atom stereocenters. The molecule has 0 aromatic heterocycles. The Morgan fingerprint density at radius 3 is 2.15 bits per heavy atom. The standard InChI is InChI=1S/C9H19N3O/c1-7-5-12(9(13)10-3)6-8(2)11(7)4/h7-8H,5-6H2,1-4H3,(H,10,13). The fourth-order valence-electron chi connectivity index (χ4n) is 1.73. The highest BCUT2D eigenvalue weighted by atomic mass is 16.2. The first kappa shape index (κ1) is 10.3. The van der Waals surface area contributed by atoms with Gasteiger partial charge in [-0.1, -0.05) is 0 Å². The molecular weight excluding hydrogens is 166 g/mol. The van der Waals surface area contributed by atoms with Gasteiger partial charge in [-0.25, -0.2) is 4.79 Å². The summed E-state index contributed by atoms with van der Waals surface area (Å²) in [5.41, 5.74) is 0. The van der Waals surface area contributed by atoms with Crippen LogP contribution in [0.4, 0.5) is 4.79 Å². The van der Waals surface area contributed by atoms with Crippen LogP contribution in [0.25, 0.3) is 0 Å². The number of hydrogen-bond donors (Lipinski definition) is 1. The number of piperazine rings is 1. The van der Waals surface area contributed by atoms with Crippen LogP contribution in [0, 0.1) is 0 Å². The van der Waals surface area contributed by atoms with Gasteiger partial charge in [-0.2, -0.15) is 0 Å². The molecule has 0 aliphatic carbocycles. The molecule has 1 fully saturated rings. The summed E-state index contributed by atoms with van der Waals surface area (Å²) < 4.78 is 0. The first-order valence-electron chi connectivity index (χ1n) is 4.74. The van der Waals surface area contributed by atoms with Crippen LogP contribution in [0.5, 0.6) is 0 Å². The second-order valence-electron chi connectivity index (χ2n) is 3.82. The van der Waals surface area contributed by atoms with Gasteiger partial charge >= 0.3 is 6.03 Å². The van der Waals surface area contributed by atoms with E-state index in [0.29, 0.717) is 12.1 Å². The third-order valence-electron chi connectivity index (χ3n) is 2.86. The lowest BCUT2D eigenvalue weighted by atomic mass is 10.1. The highest BCUT2D eigenvalue weighted by Crippen LogP contribution is 2.12. The molecule has 76 valence electrons. The molecule has 1 N–H and O–H groups in total. The van der Waals surface area contributed by atoms with Gasteiger partial charge in [0, 0.05) is 32.2 Å². The van der Waals surface area contributed by atoms with E-state index in [0.717, 1.165) is 13.1 Å². The Bertz CT molecular complexity index is 183. The maximum Gasteiger partial charge on any atom is 0.317 e. The van der Waals surface area contributed by atoms with Gasteiger partial charge in [0.2, 0.25) is 0 Å². The van der Waals surface area contributed by atoms with Crippen LogP contribution in [-0.4, -0.2) is 55.1 Å². The summed E-state index contributed by atoms with van der Waals surface area (Å²) in [6.07, 6.45) is 0. The number of carbonyl (C=O) groups is 1. The van der Waals surface area contributed by atoms with Gasteiger partial charge in [-0.05, 0) is 20.9 Å². The predicted molar refractivity (Wildman–Crippen MR) is 52.7 cm³/mol.